The van der Waals surface area contributed by atoms with E-state index in [1.54, 1.807) is 22.2 Å². The number of aromatic nitrogens is 5. The smallest absolute Gasteiger partial charge is 0.258 e. The number of nitrogens with one attached hydrogen (secondary N) is 1. The Morgan fingerprint density at radius 2 is 2.00 bits per heavy atom. The molecule has 0 saturated heterocycles. The van der Waals surface area contributed by atoms with E-state index >= 15 is 0 Å². The summed E-state index contributed by atoms with van der Waals surface area (Å²) in [5.74, 6) is -0.247. The quantitative estimate of drug-likeness (QED) is 0.402. The Labute approximate surface area is 186 Å². The molecule has 5 aromatic rings. The van der Waals surface area contributed by atoms with Gasteiger partial charge in [-0.15, -0.1) is 21.5 Å². The predicted octanol–water partition coefficient (Wildman–Crippen LogP) is 4.87. The highest BCUT2D eigenvalue weighted by Gasteiger charge is 2.19. The fourth-order valence-corrected chi connectivity index (χ4v) is 4.78. The minimum atomic E-state index is -0.247. The van der Waals surface area contributed by atoms with Crippen molar-refractivity contribution >= 4 is 44.7 Å². The van der Waals surface area contributed by atoms with Gasteiger partial charge in [-0.1, -0.05) is 47.7 Å². The van der Waals surface area contributed by atoms with Crippen LogP contribution in [0.3, 0.4) is 0 Å². The second kappa shape index (κ2) is 8.37. The van der Waals surface area contributed by atoms with Crippen molar-refractivity contribution in [2.24, 2.45) is 0 Å². The molecule has 1 aromatic carbocycles. The second-order valence-electron chi connectivity index (χ2n) is 6.85. The van der Waals surface area contributed by atoms with Crippen LogP contribution in [0.25, 0.3) is 21.6 Å². The summed E-state index contributed by atoms with van der Waals surface area (Å²) < 4.78 is 1.80. The average Bonchev–Trinajstić information content (AvgIpc) is 3.55. The summed E-state index contributed by atoms with van der Waals surface area (Å²) >= 11 is 2.96. The molecule has 154 valence electrons. The summed E-state index contributed by atoms with van der Waals surface area (Å²) in [5.41, 5.74) is 3.12. The zero-order valence-corrected chi connectivity index (χ0v) is 18.3. The van der Waals surface area contributed by atoms with E-state index < -0.39 is 0 Å². The molecule has 0 fully saturated rings. The van der Waals surface area contributed by atoms with Crippen LogP contribution < -0.4 is 5.32 Å². The first-order valence-corrected chi connectivity index (χ1v) is 11.5. The Bertz CT molecular complexity index is 1340. The van der Waals surface area contributed by atoms with Crippen LogP contribution in [0, 0.1) is 0 Å². The number of benzene rings is 1. The number of rotatable bonds is 6. The first-order chi connectivity index (χ1) is 15.2. The Balaban J connectivity index is 1.45. The molecular formula is C22H18N6OS2. The van der Waals surface area contributed by atoms with Crippen LogP contribution in [-0.4, -0.2) is 30.9 Å². The van der Waals surface area contributed by atoms with Gasteiger partial charge < -0.3 is 0 Å². The Hall–Kier alpha value is -3.43. The van der Waals surface area contributed by atoms with Crippen LogP contribution in [0.4, 0.5) is 5.13 Å². The van der Waals surface area contributed by atoms with Crippen LogP contribution in [0.1, 0.15) is 27.9 Å². The van der Waals surface area contributed by atoms with Gasteiger partial charge in [-0.2, -0.15) is 5.10 Å². The number of amides is 1. The number of carbonyl (C=O) groups is 1. The monoisotopic (exact) mass is 446 g/mol. The summed E-state index contributed by atoms with van der Waals surface area (Å²) in [6.45, 7) is 2.67. The molecule has 4 aromatic heterocycles. The third-order valence-corrected chi connectivity index (χ3v) is 6.54. The van der Waals surface area contributed by atoms with Gasteiger partial charge in [0, 0.05) is 13.0 Å². The maximum absolute atomic E-state index is 13.2. The fourth-order valence-electron chi connectivity index (χ4n) is 3.33. The Morgan fingerprint density at radius 3 is 2.77 bits per heavy atom. The number of carbonyl (C=O) groups excluding carboxylic acids is 1. The number of hydrogen-bond acceptors (Lipinski definition) is 7. The van der Waals surface area contributed by atoms with Gasteiger partial charge in [-0.25, -0.2) is 9.67 Å². The summed E-state index contributed by atoms with van der Waals surface area (Å²) in [7, 11) is 0. The van der Waals surface area contributed by atoms with E-state index in [2.05, 4.69) is 20.6 Å². The van der Waals surface area contributed by atoms with Crippen molar-refractivity contribution < 1.29 is 4.79 Å². The highest BCUT2D eigenvalue weighted by atomic mass is 32.1. The molecule has 5 rings (SSSR count). The van der Waals surface area contributed by atoms with Crippen molar-refractivity contribution in [1.82, 2.24) is 25.0 Å². The molecule has 0 aliphatic heterocycles. The van der Waals surface area contributed by atoms with Crippen LogP contribution in [-0.2, 0) is 13.0 Å². The molecule has 0 radical (unpaired) electrons. The molecule has 1 amide bonds. The Morgan fingerprint density at radius 1 is 1.13 bits per heavy atom. The molecule has 4 heterocycles. The summed E-state index contributed by atoms with van der Waals surface area (Å²) in [6, 6.07) is 15.8. The molecule has 0 spiro atoms. The molecule has 31 heavy (non-hydrogen) atoms. The molecule has 0 aliphatic rings. The van der Waals surface area contributed by atoms with E-state index in [9.17, 15) is 4.79 Å². The van der Waals surface area contributed by atoms with Gasteiger partial charge in [0.25, 0.3) is 5.91 Å². The molecule has 0 aliphatic carbocycles. The lowest BCUT2D eigenvalue weighted by Gasteiger charge is -2.07. The number of aryl methyl sites for hydroxylation is 1. The van der Waals surface area contributed by atoms with Gasteiger partial charge in [0.2, 0.25) is 5.13 Å². The molecule has 9 heteroatoms. The average molecular weight is 447 g/mol. The van der Waals surface area contributed by atoms with E-state index in [-0.39, 0.29) is 5.91 Å². The van der Waals surface area contributed by atoms with E-state index in [1.807, 2.05) is 60.8 Å². The first kappa shape index (κ1) is 19.5. The lowest BCUT2D eigenvalue weighted by Crippen LogP contribution is -2.13. The van der Waals surface area contributed by atoms with Gasteiger partial charge in [-0.05, 0) is 30.0 Å². The number of nitrogens with zero attached hydrogens (tertiary/aromatic N) is 5. The largest absolute Gasteiger partial charge is 0.296 e. The molecule has 0 bridgehead atoms. The molecule has 0 saturated carbocycles. The molecule has 1 N–H and O–H groups in total. The third kappa shape index (κ3) is 3.97. The summed E-state index contributed by atoms with van der Waals surface area (Å²) in [6.07, 6.45) is 2.37. The maximum atomic E-state index is 13.2. The van der Waals surface area contributed by atoms with Crippen LogP contribution in [0.2, 0.25) is 0 Å². The van der Waals surface area contributed by atoms with Crippen molar-refractivity contribution in [3.05, 3.63) is 76.2 Å². The topological polar surface area (TPSA) is 85.6 Å². The van der Waals surface area contributed by atoms with Crippen molar-refractivity contribution in [3.8, 4) is 10.6 Å². The zero-order valence-electron chi connectivity index (χ0n) is 16.6. The Kier molecular flexibility index (Phi) is 5.27. The number of pyridine rings is 1. The van der Waals surface area contributed by atoms with Crippen LogP contribution in [0.15, 0.2) is 60.1 Å². The standard InChI is InChI=1S/C22H18N6OS2/c1-2-28-20-16(13-23-28)15(12-17(24-20)18-9-6-10-30-18)21(29)25-22-27-26-19(31-22)11-14-7-4-3-5-8-14/h3-10,12-13H,2,11H2,1H3,(H,25,27,29). The van der Waals surface area contributed by atoms with E-state index in [1.165, 1.54) is 11.3 Å². The second-order valence-corrected chi connectivity index (χ2v) is 8.86. The zero-order chi connectivity index (χ0) is 21.2. The van der Waals surface area contributed by atoms with E-state index in [0.29, 0.717) is 34.7 Å². The SMILES string of the molecule is CCn1ncc2c(C(=O)Nc3nnc(Cc4ccccc4)s3)cc(-c3cccs3)nc21. The lowest BCUT2D eigenvalue weighted by atomic mass is 10.1. The van der Waals surface area contributed by atoms with Gasteiger partial charge in [-0.3, -0.25) is 10.1 Å². The van der Waals surface area contributed by atoms with Crippen LogP contribution in [0.5, 0.6) is 0 Å². The van der Waals surface area contributed by atoms with Crippen molar-refractivity contribution in [2.45, 2.75) is 19.9 Å². The lowest BCUT2D eigenvalue weighted by molar-refractivity contribution is 0.102. The van der Waals surface area contributed by atoms with Gasteiger partial charge in [0.15, 0.2) is 5.65 Å². The maximum Gasteiger partial charge on any atom is 0.258 e. The molecule has 7 nitrogen and oxygen atoms in total. The third-order valence-electron chi connectivity index (χ3n) is 4.81. The number of fused-ring (bicyclic) bond motifs is 1. The molecule has 0 unspecified atom stereocenters. The summed E-state index contributed by atoms with van der Waals surface area (Å²) in [5, 5.41) is 19.7. The highest BCUT2D eigenvalue weighted by molar-refractivity contribution is 7.15. The highest BCUT2D eigenvalue weighted by Crippen LogP contribution is 2.29. The van der Waals surface area contributed by atoms with Crippen molar-refractivity contribution in [1.29, 1.82) is 0 Å². The number of thiophene rings is 1. The van der Waals surface area contributed by atoms with Crippen molar-refractivity contribution in [3.63, 3.8) is 0 Å². The minimum absolute atomic E-state index is 0.247. The summed E-state index contributed by atoms with van der Waals surface area (Å²) in [4.78, 5) is 18.9. The number of anilines is 1. The molecule has 0 atom stereocenters. The predicted molar refractivity (Wildman–Crippen MR) is 124 cm³/mol. The number of hydrogen-bond donors (Lipinski definition) is 1. The van der Waals surface area contributed by atoms with Crippen LogP contribution >= 0.6 is 22.7 Å². The van der Waals surface area contributed by atoms with E-state index in [4.69, 9.17) is 4.98 Å². The normalized spacial score (nSPS) is 11.1. The van der Waals surface area contributed by atoms with Gasteiger partial charge in [0.05, 0.1) is 27.7 Å². The molecular weight excluding hydrogens is 428 g/mol. The van der Waals surface area contributed by atoms with Gasteiger partial charge in [0.1, 0.15) is 5.01 Å². The fraction of sp³-hybridized carbons (Fsp3) is 0.136. The van der Waals surface area contributed by atoms with Gasteiger partial charge >= 0.3 is 0 Å². The first-order valence-electron chi connectivity index (χ1n) is 9.79. The minimum Gasteiger partial charge on any atom is -0.296 e. The van der Waals surface area contributed by atoms with Crippen molar-refractivity contribution in [2.75, 3.05) is 5.32 Å². The van der Waals surface area contributed by atoms with E-state index in [0.717, 1.165) is 21.1 Å².